The second-order valence-electron chi connectivity index (χ2n) is 9.98. The second-order valence-corrected chi connectivity index (χ2v) is 11.8. The number of allylic oxidation sites excluding steroid dienone is 1. The summed E-state index contributed by atoms with van der Waals surface area (Å²) < 4.78 is 19.5. The largest absolute Gasteiger partial charge is 0.489 e. The Morgan fingerprint density at radius 3 is 2.52 bits per heavy atom. The van der Waals surface area contributed by atoms with E-state index in [0.29, 0.717) is 48.8 Å². The molecule has 0 spiro atoms. The van der Waals surface area contributed by atoms with E-state index in [1.54, 1.807) is 50.3 Å². The first-order valence-electron chi connectivity index (χ1n) is 13.8. The van der Waals surface area contributed by atoms with Crippen molar-refractivity contribution in [3.05, 3.63) is 143 Å². The van der Waals surface area contributed by atoms with Gasteiger partial charge in [0.2, 0.25) is 0 Å². The van der Waals surface area contributed by atoms with Crippen LogP contribution in [0.4, 0.5) is 0 Å². The summed E-state index contributed by atoms with van der Waals surface area (Å²) >= 11 is 13.6. The number of benzene rings is 3. The number of nitrogens with zero attached hydrogens (tertiary/aromatic N) is 2. The maximum Gasteiger partial charge on any atom is 0.338 e. The summed E-state index contributed by atoms with van der Waals surface area (Å²) in [7, 11) is 0. The molecule has 0 amide bonds. The summed E-state index contributed by atoms with van der Waals surface area (Å²) in [5, 5.41) is 0.806. The quantitative estimate of drug-likeness (QED) is 0.171. The van der Waals surface area contributed by atoms with Crippen molar-refractivity contribution in [3.63, 3.8) is 0 Å². The zero-order valence-electron chi connectivity index (χ0n) is 23.8. The molecule has 0 unspecified atom stereocenters. The Kier molecular flexibility index (Phi) is 8.57. The minimum Gasteiger partial charge on any atom is -0.489 e. The molecule has 6 rings (SSSR count). The number of aromatic nitrogens is 1. The molecule has 5 aromatic rings. The predicted octanol–water partition coefficient (Wildman–Crippen LogP) is 6.94. The highest BCUT2D eigenvalue weighted by molar-refractivity contribution is 7.07. The molecular formula is C34H26Cl2N2O5S. The van der Waals surface area contributed by atoms with E-state index in [4.69, 9.17) is 37.1 Å². The molecule has 0 N–H and O–H groups in total. The minimum absolute atomic E-state index is 0.171. The molecule has 0 aliphatic carbocycles. The predicted molar refractivity (Wildman–Crippen MR) is 172 cm³/mol. The summed E-state index contributed by atoms with van der Waals surface area (Å²) in [6, 6.07) is 25.2. The summed E-state index contributed by atoms with van der Waals surface area (Å²) in [4.78, 5) is 32.2. The summed E-state index contributed by atoms with van der Waals surface area (Å²) in [5.41, 5.74) is 2.98. The Balaban J connectivity index is 1.37. The maximum atomic E-state index is 13.9. The van der Waals surface area contributed by atoms with Gasteiger partial charge in [0.25, 0.3) is 5.56 Å². The lowest BCUT2D eigenvalue weighted by atomic mass is 10.0. The van der Waals surface area contributed by atoms with E-state index in [2.05, 4.69) is 4.99 Å². The van der Waals surface area contributed by atoms with Crippen LogP contribution in [0.3, 0.4) is 0 Å². The molecule has 1 aliphatic heterocycles. The molecule has 0 radical (unpaired) electrons. The third kappa shape index (κ3) is 6.01. The Bertz CT molecular complexity index is 2060. The van der Waals surface area contributed by atoms with E-state index < -0.39 is 12.0 Å². The molecule has 0 saturated heterocycles. The molecule has 0 fully saturated rings. The number of hydrogen-bond acceptors (Lipinski definition) is 7. The van der Waals surface area contributed by atoms with Crippen molar-refractivity contribution < 1.29 is 18.7 Å². The fourth-order valence-corrected chi connectivity index (χ4v) is 6.26. The standard InChI is InChI=1S/C34H26Cl2N2O5S/c1-3-41-33(40)30-20(2)37-34-38(31(30)28-16-15-27(43-28)23-11-14-25(35)26(36)18-23)32(39)29(44-34)17-21-9-12-24(13-10-21)42-19-22-7-5-4-6-8-22/h4-18,31H,3,19H2,1-2H3/b29-17-/t31-/m1/s1. The summed E-state index contributed by atoms with van der Waals surface area (Å²) in [6.45, 7) is 4.09. The molecule has 2 aromatic heterocycles. The van der Waals surface area contributed by atoms with E-state index in [1.165, 1.54) is 15.9 Å². The van der Waals surface area contributed by atoms with Gasteiger partial charge in [0.1, 0.15) is 29.9 Å². The number of furan rings is 1. The highest BCUT2D eigenvalue weighted by Crippen LogP contribution is 2.35. The van der Waals surface area contributed by atoms with Crippen LogP contribution in [0.5, 0.6) is 5.75 Å². The number of fused-ring (bicyclic) bond motifs is 1. The van der Waals surface area contributed by atoms with Crippen molar-refractivity contribution in [2.45, 2.75) is 26.5 Å². The van der Waals surface area contributed by atoms with Crippen LogP contribution in [-0.4, -0.2) is 17.1 Å². The van der Waals surface area contributed by atoms with Gasteiger partial charge < -0.3 is 13.9 Å². The molecule has 44 heavy (non-hydrogen) atoms. The molecular weight excluding hydrogens is 619 g/mol. The van der Waals surface area contributed by atoms with Gasteiger partial charge in [0.05, 0.1) is 32.5 Å². The zero-order valence-corrected chi connectivity index (χ0v) is 26.1. The van der Waals surface area contributed by atoms with Gasteiger partial charge in [-0.3, -0.25) is 9.36 Å². The van der Waals surface area contributed by atoms with E-state index in [0.717, 1.165) is 16.9 Å². The van der Waals surface area contributed by atoms with Crippen molar-refractivity contribution in [3.8, 4) is 17.1 Å². The average molecular weight is 646 g/mol. The van der Waals surface area contributed by atoms with Crippen molar-refractivity contribution in [2.75, 3.05) is 6.61 Å². The first kappa shape index (κ1) is 29.7. The molecule has 3 aromatic carbocycles. The van der Waals surface area contributed by atoms with Gasteiger partial charge in [-0.15, -0.1) is 0 Å². The number of halogens is 2. The fraction of sp³-hybridized carbons (Fsp3) is 0.147. The number of hydrogen-bond donors (Lipinski definition) is 0. The third-order valence-corrected chi connectivity index (χ3v) is 8.77. The van der Waals surface area contributed by atoms with Crippen LogP contribution in [0.2, 0.25) is 10.0 Å². The first-order valence-corrected chi connectivity index (χ1v) is 15.4. The van der Waals surface area contributed by atoms with Crippen LogP contribution >= 0.6 is 34.5 Å². The Morgan fingerprint density at radius 1 is 1.02 bits per heavy atom. The first-order chi connectivity index (χ1) is 21.3. The van der Waals surface area contributed by atoms with E-state index in [9.17, 15) is 9.59 Å². The maximum absolute atomic E-state index is 13.9. The van der Waals surface area contributed by atoms with Gasteiger partial charge in [-0.05, 0) is 73.5 Å². The SMILES string of the molecule is CCOC(=O)C1=C(C)N=c2s/c(=C\c3ccc(OCc4ccccc4)cc3)c(=O)n2[C@@H]1c1ccc(-c2ccc(Cl)c(Cl)c2)o1. The van der Waals surface area contributed by atoms with Crippen LogP contribution in [0.1, 0.15) is 36.8 Å². The highest BCUT2D eigenvalue weighted by atomic mass is 35.5. The van der Waals surface area contributed by atoms with Gasteiger partial charge in [-0.25, -0.2) is 9.79 Å². The molecule has 1 aliphatic rings. The molecule has 222 valence electrons. The Morgan fingerprint density at radius 2 is 1.80 bits per heavy atom. The van der Waals surface area contributed by atoms with Gasteiger partial charge in [-0.2, -0.15) is 0 Å². The number of rotatable bonds is 8. The van der Waals surface area contributed by atoms with Crippen LogP contribution in [0.25, 0.3) is 17.4 Å². The molecule has 7 nitrogen and oxygen atoms in total. The molecule has 0 saturated carbocycles. The third-order valence-electron chi connectivity index (χ3n) is 7.04. The monoisotopic (exact) mass is 644 g/mol. The average Bonchev–Trinajstić information content (AvgIpc) is 3.63. The molecule has 0 bridgehead atoms. The van der Waals surface area contributed by atoms with Crippen LogP contribution in [0, 0.1) is 0 Å². The van der Waals surface area contributed by atoms with E-state index >= 15 is 0 Å². The number of esters is 1. The fourth-order valence-electron chi connectivity index (χ4n) is 4.92. The molecule has 1 atom stereocenters. The van der Waals surface area contributed by atoms with E-state index in [1.807, 2.05) is 54.6 Å². The number of carbonyl (C=O) groups is 1. The van der Waals surface area contributed by atoms with Crippen molar-refractivity contribution in [1.29, 1.82) is 0 Å². The summed E-state index contributed by atoms with van der Waals surface area (Å²) in [5.74, 6) is 1.05. The lowest BCUT2D eigenvalue weighted by Gasteiger charge is -2.22. The Hall–Kier alpha value is -4.37. The lowest BCUT2D eigenvalue weighted by Crippen LogP contribution is -2.39. The van der Waals surface area contributed by atoms with Crippen molar-refractivity contribution >= 4 is 46.6 Å². The van der Waals surface area contributed by atoms with Crippen molar-refractivity contribution in [1.82, 2.24) is 4.57 Å². The summed E-state index contributed by atoms with van der Waals surface area (Å²) in [6.07, 6.45) is 1.80. The van der Waals surface area contributed by atoms with Crippen LogP contribution in [0.15, 0.2) is 110 Å². The van der Waals surface area contributed by atoms with Gasteiger partial charge >= 0.3 is 5.97 Å². The molecule has 3 heterocycles. The van der Waals surface area contributed by atoms with Gasteiger partial charge in [-0.1, -0.05) is 77.0 Å². The van der Waals surface area contributed by atoms with Crippen molar-refractivity contribution in [2.24, 2.45) is 4.99 Å². The minimum atomic E-state index is -0.877. The second kappa shape index (κ2) is 12.7. The topological polar surface area (TPSA) is 83.0 Å². The van der Waals surface area contributed by atoms with Gasteiger partial charge in [0.15, 0.2) is 4.80 Å². The smallest absolute Gasteiger partial charge is 0.338 e. The number of thiazole rings is 1. The van der Waals surface area contributed by atoms with E-state index in [-0.39, 0.29) is 17.7 Å². The lowest BCUT2D eigenvalue weighted by molar-refractivity contribution is -0.139. The highest BCUT2D eigenvalue weighted by Gasteiger charge is 2.35. The zero-order chi connectivity index (χ0) is 30.8. The Labute approximate surface area is 266 Å². The van der Waals surface area contributed by atoms with Crippen LogP contribution < -0.4 is 19.6 Å². The number of carbonyl (C=O) groups excluding carboxylic acids is 1. The number of ether oxygens (including phenoxy) is 2. The molecule has 10 heteroatoms. The van der Waals surface area contributed by atoms with Crippen LogP contribution in [-0.2, 0) is 16.1 Å². The normalized spacial score (nSPS) is 14.7. The van der Waals surface area contributed by atoms with Gasteiger partial charge in [0, 0.05) is 5.56 Å².